The number of halogens is 1. The van der Waals surface area contributed by atoms with Crippen molar-refractivity contribution in [2.24, 2.45) is 5.92 Å². The Hall–Kier alpha value is -1.82. The first-order valence-corrected chi connectivity index (χ1v) is 9.62. The molecule has 1 aliphatic heterocycles. The Morgan fingerprint density at radius 2 is 1.92 bits per heavy atom. The molecule has 2 aliphatic rings. The van der Waals surface area contributed by atoms with Crippen molar-refractivity contribution >= 4 is 29.1 Å². The second kappa shape index (κ2) is 7.20. The summed E-state index contributed by atoms with van der Waals surface area (Å²) in [5.41, 5.74) is 0.675. The van der Waals surface area contributed by atoms with Gasteiger partial charge in [0.05, 0.1) is 5.02 Å². The molecule has 6 nitrogen and oxygen atoms in total. The number of carbonyl (C=O) groups is 1. The molecular weight excluding hydrogens is 338 g/mol. The summed E-state index contributed by atoms with van der Waals surface area (Å²) in [4.78, 5) is 16.6. The number of fused-ring (bicyclic) bond motifs is 1. The van der Waals surface area contributed by atoms with Crippen molar-refractivity contribution in [1.29, 1.82) is 0 Å². The summed E-state index contributed by atoms with van der Waals surface area (Å²) in [6.07, 6.45) is 8.99. The molecule has 0 spiro atoms. The zero-order valence-corrected chi connectivity index (χ0v) is 15.2. The highest BCUT2D eigenvalue weighted by atomic mass is 35.5. The normalized spacial score (nSPS) is 19.1. The Morgan fingerprint density at radius 3 is 2.68 bits per heavy atom. The highest BCUT2D eigenvalue weighted by Crippen LogP contribution is 2.29. The Balaban J connectivity index is 1.34. The molecule has 1 amide bonds. The summed E-state index contributed by atoms with van der Waals surface area (Å²) in [7, 11) is 0. The summed E-state index contributed by atoms with van der Waals surface area (Å²) in [6, 6.07) is 3.71. The molecule has 0 atom stereocenters. The second-order valence-electron chi connectivity index (χ2n) is 7.11. The molecule has 2 aromatic heterocycles. The lowest BCUT2D eigenvalue weighted by atomic mass is 10.0. The van der Waals surface area contributed by atoms with Crippen LogP contribution in [-0.4, -0.2) is 51.6 Å². The molecule has 4 rings (SSSR count). The Kier molecular flexibility index (Phi) is 4.79. The van der Waals surface area contributed by atoms with E-state index in [-0.39, 0.29) is 0 Å². The minimum absolute atomic E-state index is 0.306. The molecule has 1 saturated heterocycles. The first-order valence-electron chi connectivity index (χ1n) is 9.24. The van der Waals surface area contributed by atoms with E-state index in [0.717, 1.165) is 44.5 Å². The van der Waals surface area contributed by atoms with Crippen molar-refractivity contribution in [1.82, 2.24) is 19.5 Å². The maximum atomic E-state index is 12.5. The van der Waals surface area contributed by atoms with Gasteiger partial charge < -0.3 is 9.80 Å². The van der Waals surface area contributed by atoms with Crippen molar-refractivity contribution in [3.63, 3.8) is 0 Å². The van der Waals surface area contributed by atoms with Gasteiger partial charge in [-0.25, -0.2) is 0 Å². The minimum Gasteiger partial charge on any atom is -0.339 e. The third-order valence-corrected chi connectivity index (χ3v) is 5.82. The largest absolute Gasteiger partial charge is 0.339 e. The van der Waals surface area contributed by atoms with Gasteiger partial charge >= 0.3 is 0 Å². The van der Waals surface area contributed by atoms with Gasteiger partial charge in [-0.1, -0.05) is 37.3 Å². The molecule has 0 unspecified atom stereocenters. The zero-order chi connectivity index (χ0) is 17.2. The van der Waals surface area contributed by atoms with E-state index >= 15 is 0 Å². The maximum Gasteiger partial charge on any atom is 0.231 e. The van der Waals surface area contributed by atoms with E-state index in [1.807, 2.05) is 27.6 Å². The van der Waals surface area contributed by atoms with Gasteiger partial charge in [-0.2, -0.15) is 0 Å². The van der Waals surface area contributed by atoms with Crippen LogP contribution in [0, 0.1) is 5.92 Å². The number of hydrogen-bond acceptors (Lipinski definition) is 4. The number of rotatable bonds is 4. The molecule has 2 fully saturated rings. The van der Waals surface area contributed by atoms with Gasteiger partial charge in [0.1, 0.15) is 0 Å². The maximum absolute atomic E-state index is 12.5. The molecule has 0 radical (unpaired) electrons. The second-order valence-corrected chi connectivity index (χ2v) is 7.51. The summed E-state index contributed by atoms with van der Waals surface area (Å²) in [5.74, 6) is 1.88. The molecule has 3 heterocycles. The standard InChI is InChI=1S/C18H24ClN5O/c19-15-6-3-9-24-17(15)20-21-18(24)23-12-10-22(11-13-23)16(25)8-7-14-4-1-2-5-14/h3,6,9,14H,1-2,4-5,7-8,10-13H2. The van der Waals surface area contributed by atoms with Crippen LogP contribution in [0.2, 0.25) is 5.02 Å². The summed E-state index contributed by atoms with van der Waals surface area (Å²) in [6.45, 7) is 3.06. The van der Waals surface area contributed by atoms with E-state index in [1.54, 1.807) is 0 Å². The van der Waals surface area contributed by atoms with Crippen LogP contribution in [0.4, 0.5) is 5.95 Å². The van der Waals surface area contributed by atoms with Gasteiger partial charge in [0, 0.05) is 38.8 Å². The number of hydrogen-bond donors (Lipinski definition) is 0. The number of piperazine rings is 1. The molecule has 1 saturated carbocycles. The molecule has 2 aromatic rings. The Labute approximate surface area is 152 Å². The average molecular weight is 362 g/mol. The van der Waals surface area contributed by atoms with Gasteiger partial charge in [0.25, 0.3) is 0 Å². The van der Waals surface area contributed by atoms with Crippen molar-refractivity contribution in [2.45, 2.75) is 38.5 Å². The fourth-order valence-electron chi connectivity index (χ4n) is 4.03. The highest BCUT2D eigenvalue weighted by molar-refractivity contribution is 6.33. The molecular formula is C18H24ClN5O. The van der Waals surface area contributed by atoms with E-state index in [1.165, 1.54) is 25.7 Å². The van der Waals surface area contributed by atoms with Crippen LogP contribution < -0.4 is 4.90 Å². The number of pyridine rings is 1. The van der Waals surface area contributed by atoms with Crippen LogP contribution in [-0.2, 0) is 4.79 Å². The Bertz CT molecular complexity index is 747. The van der Waals surface area contributed by atoms with Crippen LogP contribution in [0.15, 0.2) is 18.3 Å². The lowest BCUT2D eigenvalue weighted by molar-refractivity contribution is -0.131. The first-order chi connectivity index (χ1) is 12.2. The van der Waals surface area contributed by atoms with Gasteiger partial charge in [-0.05, 0) is 24.5 Å². The van der Waals surface area contributed by atoms with Gasteiger partial charge in [0.2, 0.25) is 11.9 Å². The third-order valence-electron chi connectivity index (χ3n) is 5.53. The van der Waals surface area contributed by atoms with Crippen LogP contribution in [0.25, 0.3) is 5.65 Å². The van der Waals surface area contributed by atoms with Crippen LogP contribution in [0.1, 0.15) is 38.5 Å². The molecule has 134 valence electrons. The summed E-state index contributed by atoms with van der Waals surface area (Å²) in [5, 5.41) is 9.07. The third kappa shape index (κ3) is 3.45. The predicted octanol–water partition coefficient (Wildman–Crippen LogP) is 3.00. The molecule has 1 aliphatic carbocycles. The van der Waals surface area contributed by atoms with Crippen LogP contribution in [0.3, 0.4) is 0 Å². The minimum atomic E-state index is 0.306. The van der Waals surface area contributed by atoms with Crippen molar-refractivity contribution in [2.75, 3.05) is 31.1 Å². The van der Waals surface area contributed by atoms with Gasteiger partial charge in [-0.15, -0.1) is 10.2 Å². The number of aromatic nitrogens is 3. The fourth-order valence-corrected chi connectivity index (χ4v) is 4.23. The highest BCUT2D eigenvalue weighted by Gasteiger charge is 2.25. The van der Waals surface area contributed by atoms with Crippen molar-refractivity contribution < 1.29 is 4.79 Å². The van der Waals surface area contributed by atoms with Gasteiger partial charge in [-0.3, -0.25) is 9.20 Å². The zero-order valence-electron chi connectivity index (χ0n) is 14.4. The molecule has 25 heavy (non-hydrogen) atoms. The summed E-state index contributed by atoms with van der Waals surface area (Å²) >= 11 is 6.17. The SMILES string of the molecule is O=C(CCC1CCCC1)N1CCN(c2nnc3c(Cl)cccn23)CC1. The van der Waals surface area contributed by atoms with E-state index in [4.69, 9.17) is 11.6 Å². The first kappa shape index (κ1) is 16.6. The fraction of sp³-hybridized carbons (Fsp3) is 0.611. The Morgan fingerprint density at radius 1 is 1.16 bits per heavy atom. The number of nitrogens with zero attached hydrogens (tertiary/aromatic N) is 5. The molecule has 7 heteroatoms. The van der Waals surface area contributed by atoms with E-state index in [2.05, 4.69) is 15.1 Å². The van der Waals surface area contributed by atoms with E-state index in [0.29, 0.717) is 23.0 Å². The lowest BCUT2D eigenvalue weighted by Gasteiger charge is -2.35. The van der Waals surface area contributed by atoms with Crippen molar-refractivity contribution in [3.8, 4) is 0 Å². The summed E-state index contributed by atoms with van der Waals surface area (Å²) < 4.78 is 1.92. The monoisotopic (exact) mass is 361 g/mol. The van der Waals surface area contributed by atoms with E-state index in [9.17, 15) is 4.79 Å². The molecule has 0 aromatic carbocycles. The average Bonchev–Trinajstić information content (AvgIpc) is 3.30. The van der Waals surface area contributed by atoms with Crippen LogP contribution in [0.5, 0.6) is 0 Å². The molecule has 0 bridgehead atoms. The van der Waals surface area contributed by atoms with E-state index < -0.39 is 0 Å². The smallest absolute Gasteiger partial charge is 0.231 e. The topological polar surface area (TPSA) is 53.7 Å². The lowest BCUT2D eigenvalue weighted by Crippen LogP contribution is -2.49. The number of amides is 1. The molecule has 0 N–H and O–H groups in total. The van der Waals surface area contributed by atoms with Gasteiger partial charge in [0.15, 0.2) is 5.65 Å². The van der Waals surface area contributed by atoms with Crippen LogP contribution >= 0.6 is 11.6 Å². The van der Waals surface area contributed by atoms with Crippen molar-refractivity contribution in [3.05, 3.63) is 23.4 Å². The quantitative estimate of drug-likeness (QED) is 0.840. The predicted molar refractivity (Wildman–Crippen MR) is 98.0 cm³/mol. The number of anilines is 1. The number of carbonyl (C=O) groups excluding carboxylic acids is 1.